The molecule has 1 heterocycles. The molecule has 0 radical (unpaired) electrons. The number of carbonyl (C=O) groups is 3. The average molecular weight is 259 g/mol. The third-order valence-electron chi connectivity index (χ3n) is 3.32. The van der Waals surface area contributed by atoms with Gasteiger partial charge in [0.1, 0.15) is 5.92 Å². The molecule has 100 valence electrons. The summed E-state index contributed by atoms with van der Waals surface area (Å²) in [5.74, 6) is -2.29. The fraction of sp³-hybridized carbons (Fsp3) is 0.400. The van der Waals surface area contributed by atoms with Crippen LogP contribution >= 0.6 is 0 Å². The first-order valence-electron chi connectivity index (χ1n) is 6.27. The summed E-state index contributed by atoms with van der Waals surface area (Å²) < 4.78 is 0. The fourth-order valence-electron chi connectivity index (χ4n) is 2.21. The van der Waals surface area contributed by atoms with Crippen molar-refractivity contribution in [1.82, 2.24) is 4.90 Å². The zero-order valence-corrected chi connectivity index (χ0v) is 11.3. The molecule has 0 aliphatic carbocycles. The Bertz CT molecular complexity index is 528. The van der Waals surface area contributed by atoms with Crippen LogP contribution in [0.5, 0.6) is 0 Å². The van der Waals surface area contributed by atoms with Gasteiger partial charge in [-0.15, -0.1) is 0 Å². The van der Waals surface area contributed by atoms with E-state index in [4.69, 9.17) is 0 Å². The summed E-state index contributed by atoms with van der Waals surface area (Å²) in [6.07, 6.45) is 0. The van der Waals surface area contributed by atoms with Crippen molar-refractivity contribution in [3.05, 3.63) is 35.9 Å². The van der Waals surface area contributed by atoms with Crippen molar-refractivity contribution in [2.24, 2.45) is 5.92 Å². The standard InChI is InChI=1S/C15H17NO3/c1-15(2,3)16-9-11(13(18)14(16)19)12(17)10-7-5-4-6-8-10/h4-8,11H,9H2,1-3H3/t11-/m1/s1. The maximum absolute atomic E-state index is 12.3. The highest BCUT2D eigenvalue weighted by Gasteiger charge is 2.46. The first kappa shape index (κ1) is 13.5. The lowest BCUT2D eigenvalue weighted by molar-refractivity contribution is -0.142. The van der Waals surface area contributed by atoms with Crippen LogP contribution in [0, 0.1) is 5.92 Å². The molecule has 1 fully saturated rings. The van der Waals surface area contributed by atoms with E-state index in [1.165, 1.54) is 4.90 Å². The van der Waals surface area contributed by atoms with Crippen molar-refractivity contribution in [2.45, 2.75) is 26.3 Å². The van der Waals surface area contributed by atoms with Crippen LogP contribution in [0.15, 0.2) is 30.3 Å². The van der Waals surface area contributed by atoms with Crippen molar-refractivity contribution >= 4 is 17.5 Å². The Balaban J connectivity index is 2.26. The van der Waals surface area contributed by atoms with Crippen LogP contribution in [0.4, 0.5) is 0 Å². The lowest BCUT2D eigenvalue weighted by Gasteiger charge is -2.31. The number of benzene rings is 1. The van der Waals surface area contributed by atoms with E-state index in [1.807, 2.05) is 20.8 Å². The minimum absolute atomic E-state index is 0.175. The summed E-state index contributed by atoms with van der Waals surface area (Å²) in [4.78, 5) is 37.6. The Morgan fingerprint density at radius 3 is 2.21 bits per heavy atom. The number of ketones is 2. The predicted molar refractivity (Wildman–Crippen MR) is 70.7 cm³/mol. The first-order chi connectivity index (χ1) is 8.82. The lowest BCUT2D eigenvalue weighted by atomic mass is 9.96. The normalized spacial score (nSPS) is 19.9. The van der Waals surface area contributed by atoms with Crippen LogP contribution in [0.3, 0.4) is 0 Å². The van der Waals surface area contributed by atoms with Gasteiger partial charge in [0.05, 0.1) is 0 Å². The number of likely N-dealkylation sites (tertiary alicyclic amines) is 1. The summed E-state index contributed by atoms with van der Waals surface area (Å²) in [5.41, 5.74) is 0.0303. The number of hydrogen-bond donors (Lipinski definition) is 0. The summed E-state index contributed by atoms with van der Waals surface area (Å²) in [7, 11) is 0. The molecule has 0 spiro atoms. The van der Waals surface area contributed by atoms with Crippen LogP contribution < -0.4 is 0 Å². The molecule has 1 saturated heterocycles. The Kier molecular flexibility index (Phi) is 3.27. The summed E-state index contributed by atoms with van der Waals surface area (Å²) >= 11 is 0. The van der Waals surface area contributed by atoms with Gasteiger partial charge in [0.25, 0.3) is 5.91 Å². The van der Waals surface area contributed by atoms with Crippen molar-refractivity contribution in [1.29, 1.82) is 0 Å². The van der Waals surface area contributed by atoms with Crippen molar-refractivity contribution in [3.63, 3.8) is 0 Å². The molecule has 1 aromatic carbocycles. The smallest absolute Gasteiger partial charge is 0.291 e. The van der Waals surface area contributed by atoms with E-state index in [0.29, 0.717) is 5.56 Å². The van der Waals surface area contributed by atoms with Gasteiger partial charge >= 0.3 is 0 Å². The van der Waals surface area contributed by atoms with Gasteiger partial charge in [0.15, 0.2) is 5.78 Å². The summed E-state index contributed by atoms with van der Waals surface area (Å²) in [6, 6.07) is 8.63. The third-order valence-corrected chi connectivity index (χ3v) is 3.32. The second-order valence-electron chi connectivity index (χ2n) is 5.73. The van der Waals surface area contributed by atoms with Gasteiger partial charge in [-0.1, -0.05) is 30.3 Å². The van der Waals surface area contributed by atoms with Crippen LogP contribution in [0.2, 0.25) is 0 Å². The van der Waals surface area contributed by atoms with Gasteiger partial charge in [0, 0.05) is 17.6 Å². The van der Waals surface area contributed by atoms with Crippen LogP contribution in [-0.2, 0) is 9.59 Å². The molecule has 1 atom stereocenters. The van der Waals surface area contributed by atoms with E-state index in [2.05, 4.69) is 0 Å². The third kappa shape index (κ3) is 2.43. The number of Topliss-reactive ketones (excluding diaryl/α,β-unsaturated/α-hetero) is 2. The molecule has 0 bridgehead atoms. The fourth-order valence-corrected chi connectivity index (χ4v) is 2.21. The highest BCUT2D eigenvalue weighted by molar-refractivity contribution is 6.43. The van der Waals surface area contributed by atoms with E-state index in [1.54, 1.807) is 30.3 Å². The van der Waals surface area contributed by atoms with Gasteiger partial charge in [0.2, 0.25) is 5.78 Å². The summed E-state index contributed by atoms with van der Waals surface area (Å²) in [5, 5.41) is 0. The van der Waals surface area contributed by atoms with Gasteiger partial charge in [-0.25, -0.2) is 0 Å². The molecular weight excluding hydrogens is 242 g/mol. The molecule has 1 aliphatic rings. The number of carbonyl (C=O) groups excluding carboxylic acids is 3. The monoisotopic (exact) mass is 259 g/mol. The van der Waals surface area contributed by atoms with Crippen molar-refractivity contribution in [2.75, 3.05) is 6.54 Å². The average Bonchev–Trinajstić information content (AvgIpc) is 2.66. The van der Waals surface area contributed by atoms with Gasteiger partial charge in [-0.2, -0.15) is 0 Å². The van der Waals surface area contributed by atoms with Crippen molar-refractivity contribution < 1.29 is 14.4 Å². The second-order valence-corrected chi connectivity index (χ2v) is 5.73. The van der Waals surface area contributed by atoms with Gasteiger partial charge < -0.3 is 4.90 Å². The molecule has 4 heteroatoms. The summed E-state index contributed by atoms with van der Waals surface area (Å²) in [6.45, 7) is 5.74. The highest BCUT2D eigenvalue weighted by Crippen LogP contribution is 2.25. The van der Waals surface area contributed by atoms with Gasteiger partial charge in [-0.05, 0) is 20.8 Å². The first-order valence-corrected chi connectivity index (χ1v) is 6.27. The molecule has 1 aliphatic heterocycles. The van der Waals surface area contributed by atoms with E-state index in [0.717, 1.165) is 0 Å². The maximum atomic E-state index is 12.3. The maximum Gasteiger partial charge on any atom is 0.291 e. The number of hydrogen-bond acceptors (Lipinski definition) is 3. The zero-order chi connectivity index (χ0) is 14.2. The Morgan fingerprint density at radius 1 is 1.16 bits per heavy atom. The molecule has 0 N–H and O–H groups in total. The number of nitrogens with zero attached hydrogens (tertiary/aromatic N) is 1. The van der Waals surface area contributed by atoms with E-state index < -0.39 is 23.1 Å². The van der Waals surface area contributed by atoms with Crippen LogP contribution in [-0.4, -0.2) is 34.5 Å². The molecule has 1 aromatic rings. The Hall–Kier alpha value is -1.97. The quantitative estimate of drug-likeness (QED) is 0.461. The van der Waals surface area contributed by atoms with E-state index in [-0.39, 0.29) is 12.3 Å². The lowest BCUT2D eigenvalue weighted by Crippen LogP contribution is -2.43. The number of rotatable bonds is 2. The van der Waals surface area contributed by atoms with Crippen molar-refractivity contribution in [3.8, 4) is 0 Å². The molecule has 1 amide bonds. The molecule has 0 aromatic heterocycles. The Labute approximate surface area is 112 Å². The Morgan fingerprint density at radius 2 is 1.74 bits per heavy atom. The highest BCUT2D eigenvalue weighted by atomic mass is 16.2. The molecular formula is C15H17NO3. The molecule has 2 rings (SSSR count). The van der Waals surface area contributed by atoms with Crippen LogP contribution in [0.1, 0.15) is 31.1 Å². The minimum Gasteiger partial charge on any atom is -0.330 e. The number of amides is 1. The van der Waals surface area contributed by atoms with Gasteiger partial charge in [-0.3, -0.25) is 14.4 Å². The molecule has 4 nitrogen and oxygen atoms in total. The van der Waals surface area contributed by atoms with E-state index >= 15 is 0 Å². The molecule has 0 saturated carbocycles. The predicted octanol–water partition coefficient (Wildman–Crippen LogP) is 1.70. The molecule has 19 heavy (non-hydrogen) atoms. The SMILES string of the molecule is CC(C)(C)N1C[C@H](C(=O)c2ccccc2)C(=O)C1=O. The second kappa shape index (κ2) is 4.61. The van der Waals surface area contributed by atoms with Crippen LogP contribution in [0.25, 0.3) is 0 Å². The minimum atomic E-state index is -0.867. The zero-order valence-electron chi connectivity index (χ0n) is 11.3. The molecule has 0 unspecified atom stereocenters. The topological polar surface area (TPSA) is 54.5 Å². The largest absolute Gasteiger partial charge is 0.330 e. The van der Waals surface area contributed by atoms with E-state index in [9.17, 15) is 14.4 Å².